The first-order valence-electron chi connectivity index (χ1n) is 9.39. The highest BCUT2D eigenvalue weighted by Gasteiger charge is 2.24. The third-order valence-electron chi connectivity index (χ3n) is 4.02. The van der Waals surface area contributed by atoms with E-state index in [1.54, 1.807) is 11.3 Å². The zero-order valence-corrected chi connectivity index (χ0v) is 17.6. The second-order valence-electron chi connectivity index (χ2n) is 7.70. The van der Waals surface area contributed by atoms with Crippen molar-refractivity contribution in [2.24, 2.45) is 0 Å². The fourth-order valence-corrected chi connectivity index (χ4v) is 3.47. The van der Waals surface area contributed by atoms with Gasteiger partial charge in [-0.15, -0.1) is 11.3 Å². The molecule has 1 amide bonds. The average molecular weight is 403 g/mol. The van der Waals surface area contributed by atoms with E-state index in [0.29, 0.717) is 19.5 Å². The number of aliphatic hydroxyl groups is 1. The maximum Gasteiger partial charge on any atom is 0.407 e. The molecule has 0 fully saturated rings. The molecule has 1 aromatic heterocycles. The lowest BCUT2D eigenvalue weighted by Gasteiger charge is -2.27. The number of alkyl carbamates (subject to hydrolysis) is 1. The minimum atomic E-state index is -0.759. The van der Waals surface area contributed by atoms with Gasteiger partial charge in [-0.05, 0) is 49.8 Å². The van der Waals surface area contributed by atoms with E-state index in [1.807, 2.05) is 57.2 Å². The number of rotatable bonds is 9. The van der Waals surface area contributed by atoms with Gasteiger partial charge in [0.25, 0.3) is 0 Å². The Morgan fingerprint density at radius 3 is 2.61 bits per heavy atom. The molecule has 0 aliphatic heterocycles. The summed E-state index contributed by atoms with van der Waals surface area (Å²) in [6, 6.07) is 11.4. The Hall–Kier alpha value is -2.15. The molecule has 1 heterocycles. The van der Waals surface area contributed by atoms with E-state index in [9.17, 15) is 9.90 Å². The summed E-state index contributed by atoms with van der Waals surface area (Å²) in [6.45, 7) is 10.2. The Morgan fingerprint density at radius 2 is 2.00 bits per heavy atom. The normalized spacial score (nSPS) is 13.6. The summed E-state index contributed by atoms with van der Waals surface area (Å²) in [6.07, 6.45) is 1.05. The van der Waals surface area contributed by atoms with E-state index in [1.165, 1.54) is 0 Å². The van der Waals surface area contributed by atoms with Crippen LogP contribution < -0.4 is 10.6 Å². The first kappa shape index (κ1) is 22.1. The minimum Gasteiger partial charge on any atom is -0.444 e. The van der Waals surface area contributed by atoms with Gasteiger partial charge in [0.2, 0.25) is 0 Å². The van der Waals surface area contributed by atoms with Crippen LogP contribution in [-0.2, 0) is 17.7 Å². The third kappa shape index (κ3) is 7.84. The van der Waals surface area contributed by atoms with Crippen molar-refractivity contribution in [1.82, 2.24) is 10.6 Å². The Morgan fingerprint density at radius 1 is 1.29 bits per heavy atom. The zero-order chi connectivity index (χ0) is 20.6. The molecule has 2 aromatic rings. The summed E-state index contributed by atoms with van der Waals surface area (Å²) in [4.78, 5) is 13.3. The molecule has 0 bridgehead atoms. The summed E-state index contributed by atoms with van der Waals surface area (Å²) < 4.78 is 5.36. The maximum atomic E-state index is 12.2. The van der Waals surface area contributed by atoms with Gasteiger partial charge in [0.15, 0.2) is 0 Å². The van der Waals surface area contributed by atoms with Crippen molar-refractivity contribution >= 4 is 23.5 Å². The summed E-state index contributed by atoms with van der Waals surface area (Å²) in [7, 11) is 0. The van der Waals surface area contributed by atoms with Gasteiger partial charge in [-0.3, -0.25) is 0 Å². The van der Waals surface area contributed by atoms with Gasteiger partial charge in [-0.1, -0.05) is 43.0 Å². The third-order valence-corrected chi connectivity index (χ3v) is 5.00. The van der Waals surface area contributed by atoms with Crippen molar-refractivity contribution in [3.63, 3.8) is 0 Å². The highest BCUT2D eigenvalue weighted by atomic mass is 32.1. The van der Waals surface area contributed by atoms with E-state index in [4.69, 9.17) is 4.74 Å². The average Bonchev–Trinajstić information content (AvgIpc) is 3.08. The van der Waals surface area contributed by atoms with Gasteiger partial charge in [0, 0.05) is 18.0 Å². The molecule has 2 rings (SSSR count). The predicted octanol–water partition coefficient (Wildman–Crippen LogP) is 3.98. The molecule has 1 aromatic carbocycles. The van der Waals surface area contributed by atoms with Crippen LogP contribution in [0, 0.1) is 0 Å². The molecular weight excluding hydrogens is 372 g/mol. The van der Waals surface area contributed by atoms with E-state index < -0.39 is 23.8 Å². The Bertz CT molecular complexity index is 753. The Balaban J connectivity index is 1.95. The molecule has 5 nitrogen and oxygen atoms in total. The largest absolute Gasteiger partial charge is 0.444 e. The van der Waals surface area contributed by atoms with Gasteiger partial charge in [-0.2, -0.15) is 0 Å². The lowest BCUT2D eigenvalue weighted by molar-refractivity contribution is 0.0422. The zero-order valence-electron chi connectivity index (χ0n) is 16.8. The van der Waals surface area contributed by atoms with Crippen molar-refractivity contribution in [2.75, 3.05) is 6.54 Å². The molecule has 0 unspecified atom stereocenters. The fraction of sp³-hybridized carbons (Fsp3) is 0.409. The van der Waals surface area contributed by atoms with E-state index >= 15 is 0 Å². The van der Waals surface area contributed by atoms with E-state index in [0.717, 1.165) is 16.0 Å². The number of carbonyl (C=O) groups excluding carboxylic acids is 1. The molecule has 0 aliphatic carbocycles. The van der Waals surface area contributed by atoms with Crippen molar-refractivity contribution in [3.05, 3.63) is 64.4 Å². The number of hydrogen-bond donors (Lipinski definition) is 3. The van der Waals surface area contributed by atoms with Crippen molar-refractivity contribution in [3.8, 4) is 0 Å². The highest BCUT2D eigenvalue weighted by molar-refractivity contribution is 7.11. The fourth-order valence-electron chi connectivity index (χ4n) is 2.71. The molecule has 0 saturated heterocycles. The molecule has 0 spiro atoms. The maximum absolute atomic E-state index is 12.2. The lowest BCUT2D eigenvalue weighted by atomic mass is 10.0. The van der Waals surface area contributed by atoms with Gasteiger partial charge in [0.05, 0.1) is 12.1 Å². The molecule has 0 aliphatic rings. The number of hydrogen-bond acceptors (Lipinski definition) is 5. The van der Waals surface area contributed by atoms with Gasteiger partial charge in [0.1, 0.15) is 5.60 Å². The number of aliphatic hydroxyl groups excluding tert-OH is 1. The van der Waals surface area contributed by atoms with Crippen molar-refractivity contribution < 1.29 is 14.6 Å². The number of amides is 1. The van der Waals surface area contributed by atoms with Crippen LogP contribution in [0.3, 0.4) is 0 Å². The number of carbonyl (C=O) groups is 1. The molecule has 6 heteroatoms. The van der Waals surface area contributed by atoms with Gasteiger partial charge < -0.3 is 20.5 Å². The molecule has 3 N–H and O–H groups in total. The van der Waals surface area contributed by atoms with E-state index in [2.05, 4.69) is 28.7 Å². The number of ether oxygens (including phenoxy) is 1. The van der Waals surface area contributed by atoms with Crippen LogP contribution in [0.25, 0.3) is 6.08 Å². The summed E-state index contributed by atoms with van der Waals surface area (Å²) in [5.41, 5.74) is 1.59. The first-order valence-corrected chi connectivity index (χ1v) is 10.3. The van der Waals surface area contributed by atoms with E-state index in [-0.39, 0.29) is 0 Å². The van der Waals surface area contributed by atoms with Crippen LogP contribution in [0.1, 0.15) is 36.8 Å². The monoisotopic (exact) mass is 402 g/mol. The highest BCUT2D eigenvalue weighted by Crippen LogP contribution is 2.15. The number of thiophene rings is 1. The second kappa shape index (κ2) is 10.4. The lowest BCUT2D eigenvalue weighted by Crippen LogP contribution is -2.49. The van der Waals surface area contributed by atoms with Crippen LogP contribution in [-0.4, -0.2) is 35.5 Å². The van der Waals surface area contributed by atoms with Gasteiger partial charge in [-0.25, -0.2) is 4.79 Å². The first-order chi connectivity index (χ1) is 13.3. The second-order valence-corrected chi connectivity index (χ2v) is 8.64. The molecular formula is C22H30N2O3S. The van der Waals surface area contributed by atoms with Crippen molar-refractivity contribution in [2.45, 2.75) is 51.5 Å². The van der Waals surface area contributed by atoms with Gasteiger partial charge >= 0.3 is 6.09 Å². The minimum absolute atomic E-state index is 0.354. The molecule has 28 heavy (non-hydrogen) atoms. The summed E-state index contributed by atoms with van der Waals surface area (Å²) in [5.74, 6) is 0. The SMILES string of the molecule is C=Cc1cc(CNC[C@@H](O)[C@H](Cc2ccccc2)NC(=O)OC(C)(C)C)cs1. The standard InChI is InChI=1S/C22H30N2O3S/c1-5-18-11-17(15-28-18)13-23-14-20(25)19(12-16-9-7-6-8-10-16)24-21(26)27-22(2,3)4/h5-11,15,19-20,23,25H,1,12-14H2,2-4H3,(H,24,26)/t19-,20+/m0/s1. The Labute approximate surface area is 171 Å². The molecule has 2 atom stereocenters. The van der Waals surface area contributed by atoms with Crippen LogP contribution in [0.4, 0.5) is 4.79 Å². The molecule has 0 saturated carbocycles. The summed E-state index contributed by atoms with van der Waals surface area (Å²) in [5, 5.41) is 18.8. The molecule has 0 radical (unpaired) electrons. The quantitative estimate of drug-likeness (QED) is 0.593. The predicted molar refractivity (Wildman–Crippen MR) is 115 cm³/mol. The Kier molecular flexibility index (Phi) is 8.23. The number of nitrogens with one attached hydrogen (secondary N) is 2. The van der Waals surface area contributed by atoms with Crippen LogP contribution in [0.5, 0.6) is 0 Å². The topological polar surface area (TPSA) is 70.6 Å². The smallest absolute Gasteiger partial charge is 0.407 e. The number of benzene rings is 1. The van der Waals surface area contributed by atoms with Crippen LogP contribution >= 0.6 is 11.3 Å². The van der Waals surface area contributed by atoms with Crippen molar-refractivity contribution in [1.29, 1.82) is 0 Å². The van der Waals surface area contributed by atoms with Crippen LogP contribution in [0.2, 0.25) is 0 Å². The van der Waals surface area contributed by atoms with Crippen LogP contribution in [0.15, 0.2) is 48.4 Å². The summed E-state index contributed by atoms with van der Waals surface area (Å²) >= 11 is 1.64. The molecule has 152 valence electrons.